The van der Waals surface area contributed by atoms with Crippen LogP contribution in [0.15, 0.2) is 96.3 Å². The molecule has 0 spiro atoms. The van der Waals surface area contributed by atoms with Crippen molar-refractivity contribution in [1.29, 1.82) is 0 Å². The predicted molar refractivity (Wildman–Crippen MR) is 133 cm³/mol. The van der Waals surface area contributed by atoms with Crippen molar-refractivity contribution in [2.45, 2.75) is 13.0 Å². The molecule has 0 aliphatic carbocycles. The Morgan fingerprint density at radius 3 is 2.23 bits per heavy atom. The van der Waals surface area contributed by atoms with Gasteiger partial charge in [-0.3, -0.25) is 9.74 Å². The second-order valence-electron chi connectivity index (χ2n) is 7.85. The van der Waals surface area contributed by atoms with E-state index in [1.165, 1.54) is 4.90 Å². The van der Waals surface area contributed by atoms with Crippen LogP contribution in [-0.4, -0.2) is 30.8 Å². The van der Waals surface area contributed by atoms with E-state index in [-0.39, 0.29) is 19.8 Å². The van der Waals surface area contributed by atoms with Crippen LogP contribution in [0.5, 0.6) is 11.5 Å². The Hall–Kier alpha value is -4.75. The van der Waals surface area contributed by atoms with Gasteiger partial charge in [-0.2, -0.15) is 0 Å². The van der Waals surface area contributed by atoms with Gasteiger partial charge in [0.15, 0.2) is 0 Å². The van der Waals surface area contributed by atoms with Crippen LogP contribution in [0.1, 0.15) is 12.0 Å². The minimum atomic E-state index is -0.451. The molecule has 1 aliphatic heterocycles. The first kappa shape index (κ1) is 23.4. The number of benzene rings is 3. The number of carbonyl (C=O) groups is 1. The Bertz CT molecular complexity index is 1260. The minimum Gasteiger partial charge on any atom is -0.457 e. The molecule has 35 heavy (non-hydrogen) atoms. The van der Waals surface area contributed by atoms with Gasteiger partial charge in [0.1, 0.15) is 18.1 Å². The smallest absolute Gasteiger partial charge is 0.409 e. The Balaban J connectivity index is 1.46. The van der Waals surface area contributed by atoms with Gasteiger partial charge in [-0.05, 0) is 48.4 Å². The highest BCUT2D eigenvalue weighted by Crippen LogP contribution is 2.30. The molecule has 0 unspecified atom stereocenters. The highest BCUT2D eigenvalue weighted by Gasteiger charge is 2.28. The molecule has 174 valence electrons. The molecule has 0 fully saturated rings. The lowest BCUT2D eigenvalue weighted by atomic mass is 10.1. The third-order valence-corrected chi connectivity index (χ3v) is 5.56. The lowest BCUT2D eigenvalue weighted by molar-refractivity contribution is 0.0980. The van der Waals surface area contributed by atoms with E-state index in [0.717, 1.165) is 22.7 Å². The largest absolute Gasteiger partial charge is 0.457 e. The fourth-order valence-electron chi connectivity index (χ4n) is 3.81. The van der Waals surface area contributed by atoms with Crippen molar-refractivity contribution in [2.75, 3.05) is 24.7 Å². The number of hydrogen-bond acceptors (Lipinski definition) is 4. The number of carbonyl (C=O) groups excluding carboxylic acids is 1. The lowest BCUT2D eigenvalue weighted by Crippen LogP contribution is -2.40. The molecule has 1 amide bonds. The summed E-state index contributed by atoms with van der Waals surface area (Å²) in [6.45, 7) is 16.0. The summed E-state index contributed by atoms with van der Waals surface area (Å²) < 4.78 is 11.3. The summed E-state index contributed by atoms with van der Waals surface area (Å²) in [5.74, 6) is 1.42. The van der Waals surface area contributed by atoms with Crippen molar-refractivity contribution in [3.63, 3.8) is 0 Å². The zero-order chi connectivity index (χ0) is 24.5. The van der Waals surface area contributed by atoms with E-state index in [1.54, 1.807) is 0 Å². The number of ether oxygens (including phenoxy) is 2. The molecule has 7 heteroatoms. The minimum absolute atomic E-state index is 0.0751. The maximum atomic E-state index is 12.6. The number of amides is 1. The normalized spacial score (nSPS) is 12.9. The van der Waals surface area contributed by atoms with Crippen LogP contribution in [-0.2, 0) is 11.3 Å². The average molecular weight is 465 g/mol. The number of nitrogens with zero attached hydrogens (tertiary/aromatic N) is 4. The molecule has 1 aliphatic rings. The van der Waals surface area contributed by atoms with Crippen molar-refractivity contribution in [2.24, 2.45) is 0 Å². The van der Waals surface area contributed by atoms with Crippen LogP contribution in [0, 0.1) is 13.1 Å². The van der Waals surface area contributed by atoms with Crippen LogP contribution in [0.2, 0.25) is 0 Å². The Morgan fingerprint density at radius 1 is 0.914 bits per heavy atom. The standard InChI is InChI=1S/C28H24N4O3/c1-29-21-32(23-13-15-25(16-14-23)35-24-11-7-4-8-12-24)27-17-18-31(19-26(27)30-2)28(33)34-20-22-9-5-3-6-10-22/h3-16H,17-21H2. The van der Waals surface area contributed by atoms with Gasteiger partial charge in [0, 0.05) is 17.9 Å². The third kappa shape index (κ3) is 5.98. The van der Waals surface area contributed by atoms with E-state index in [0.29, 0.717) is 24.4 Å². The Labute approximate surface area is 205 Å². The van der Waals surface area contributed by atoms with E-state index in [2.05, 4.69) is 9.69 Å². The molecular formula is C28H24N4O3. The molecule has 3 aromatic rings. The molecule has 7 nitrogen and oxygen atoms in total. The Morgan fingerprint density at radius 2 is 1.57 bits per heavy atom. The maximum absolute atomic E-state index is 12.6. The summed E-state index contributed by atoms with van der Waals surface area (Å²) >= 11 is 0. The van der Waals surface area contributed by atoms with E-state index >= 15 is 0 Å². The molecule has 0 N–H and O–H groups in total. The summed E-state index contributed by atoms with van der Waals surface area (Å²) in [6, 6.07) is 26.4. The summed E-state index contributed by atoms with van der Waals surface area (Å²) in [7, 11) is 0. The van der Waals surface area contributed by atoms with Crippen LogP contribution < -0.4 is 9.64 Å². The van der Waals surface area contributed by atoms with Gasteiger partial charge in [-0.25, -0.2) is 16.2 Å². The van der Waals surface area contributed by atoms with Gasteiger partial charge in [0.2, 0.25) is 5.70 Å². The van der Waals surface area contributed by atoms with Gasteiger partial charge in [0.05, 0.1) is 13.1 Å². The number of para-hydroxylation sites is 1. The van der Waals surface area contributed by atoms with E-state index in [1.807, 2.05) is 89.8 Å². The fourth-order valence-corrected chi connectivity index (χ4v) is 3.81. The molecule has 0 saturated carbocycles. The first-order chi connectivity index (χ1) is 17.2. The number of hydrogen-bond donors (Lipinski definition) is 0. The quantitative estimate of drug-likeness (QED) is 0.383. The zero-order valence-corrected chi connectivity index (χ0v) is 19.1. The van der Waals surface area contributed by atoms with Crippen LogP contribution in [0.3, 0.4) is 0 Å². The molecule has 1 heterocycles. The lowest BCUT2D eigenvalue weighted by Gasteiger charge is -2.32. The maximum Gasteiger partial charge on any atom is 0.409 e. The molecule has 0 bridgehead atoms. The van der Waals surface area contributed by atoms with E-state index in [4.69, 9.17) is 22.6 Å². The highest BCUT2D eigenvalue weighted by atomic mass is 16.6. The summed E-state index contributed by atoms with van der Waals surface area (Å²) in [5.41, 5.74) is 2.88. The van der Waals surface area contributed by atoms with Crippen LogP contribution >= 0.6 is 0 Å². The highest BCUT2D eigenvalue weighted by molar-refractivity contribution is 5.69. The second-order valence-corrected chi connectivity index (χ2v) is 7.85. The molecule has 0 radical (unpaired) electrons. The molecular weight excluding hydrogens is 440 g/mol. The zero-order valence-electron chi connectivity index (χ0n) is 19.1. The van der Waals surface area contributed by atoms with Crippen LogP contribution in [0.4, 0.5) is 10.5 Å². The molecule has 0 atom stereocenters. The summed E-state index contributed by atoms with van der Waals surface area (Å²) in [6.07, 6.45) is 0.00356. The average Bonchev–Trinajstić information content (AvgIpc) is 2.92. The SMILES string of the molecule is [C-]#[N+]CN(C1=C([N+]#[C-])CN(C(=O)OCc2ccccc2)CC1)c1ccc(Oc2ccccc2)cc1. The molecule has 3 aromatic carbocycles. The Kier molecular flexibility index (Phi) is 7.63. The van der Waals surface area contributed by atoms with Crippen molar-refractivity contribution >= 4 is 11.8 Å². The van der Waals surface area contributed by atoms with Crippen molar-refractivity contribution in [1.82, 2.24) is 4.90 Å². The van der Waals surface area contributed by atoms with Gasteiger partial charge < -0.3 is 14.4 Å². The molecule has 0 saturated heterocycles. The fraction of sp³-hybridized carbons (Fsp3) is 0.179. The van der Waals surface area contributed by atoms with Crippen molar-refractivity contribution in [3.8, 4) is 11.5 Å². The number of anilines is 1. The van der Waals surface area contributed by atoms with Crippen molar-refractivity contribution < 1.29 is 14.3 Å². The topological polar surface area (TPSA) is 50.7 Å². The summed E-state index contributed by atoms with van der Waals surface area (Å²) in [5, 5.41) is 0. The van der Waals surface area contributed by atoms with E-state index < -0.39 is 6.09 Å². The monoisotopic (exact) mass is 464 g/mol. The molecule has 0 aromatic heterocycles. The van der Waals surface area contributed by atoms with Gasteiger partial charge >= 0.3 is 6.09 Å². The van der Waals surface area contributed by atoms with Gasteiger partial charge in [-0.1, -0.05) is 48.5 Å². The van der Waals surface area contributed by atoms with Crippen molar-refractivity contribution in [3.05, 3.63) is 125 Å². The first-order valence-electron chi connectivity index (χ1n) is 11.2. The third-order valence-electron chi connectivity index (χ3n) is 5.56. The van der Waals surface area contributed by atoms with Crippen LogP contribution in [0.25, 0.3) is 9.69 Å². The van der Waals surface area contributed by atoms with Gasteiger partial charge in [0.25, 0.3) is 6.67 Å². The summed E-state index contributed by atoms with van der Waals surface area (Å²) in [4.78, 5) is 23.2. The first-order valence-corrected chi connectivity index (χ1v) is 11.2. The van der Waals surface area contributed by atoms with Gasteiger partial charge in [-0.15, -0.1) is 0 Å². The second kappa shape index (κ2) is 11.4. The number of rotatable bonds is 7. The molecule has 4 rings (SSSR count). The van der Waals surface area contributed by atoms with E-state index in [9.17, 15) is 4.79 Å². The predicted octanol–water partition coefficient (Wildman–Crippen LogP) is 6.34.